The van der Waals surface area contributed by atoms with Crippen LogP contribution in [0.2, 0.25) is 0 Å². The Kier molecular flexibility index (Phi) is 10.8. The number of likely N-dealkylation sites (tertiary alicyclic amines) is 1. The molecule has 9 heteroatoms. The lowest BCUT2D eigenvalue weighted by molar-refractivity contribution is 0.232. The standard InChI is InChI=1S/C21H35N5O2S.HI/c1-22-21(23-12-17-25-13-6-3-7-14-25)24-18-19-10-15-26(16-11-19)29(27,28)20-8-4-2-5-9-20;/h2,4-5,8-9,19H,3,6-7,10-18H2,1H3,(H2,22,23,24);1H. The topological polar surface area (TPSA) is 77.0 Å². The van der Waals surface area contributed by atoms with Gasteiger partial charge in [0.05, 0.1) is 4.90 Å². The van der Waals surface area contributed by atoms with Crippen molar-refractivity contribution in [2.75, 3.05) is 52.9 Å². The first kappa shape index (κ1) is 25.4. The lowest BCUT2D eigenvalue weighted by Gasteiger charge is -2.31. The zero-order valence-electron chi connectivity index (χ0n) is 17.9. The molecular formula is C21H36IN5O2S. The quantitative estimate of drug-likeness (QED) is 0.310. The lowest BCUT2D eigenvalue weighted by atomic mass is 9.98. The molecule has 0 spiro atoms. The normalized spacial score (nSPS) is 19.8. The number of hydrogen-bond donors (Lipinski definition) is 2. The fourth-order valence-electron chi connectivity index (χ4n) is 4.07. The highest BCUT2D eigenvalue weighted by Gasteiger charge is 2.29. The van der Waals surface area contributed by atoms with Crippen molar-refractivity contribution in [2.45, 2.75) is 37.0 Å². The molecule has 1 aromatic carbocycles. The van der Waals surface area contributed by atoms with Crippen molar-refractivity contribution >= 4 is 40.0 Å². The number of aliphatic imine (C=N–C) groups is 1. The van der Waals surface area contributed by atoms with Crippen LogP contribution >= 0.6 is 24.0 Å². The van der Waals surface area contributed by atoms with Gasteiger partial charge in [0.1, 0.15) is 0 Å². The van der Waals surface area contributed by atoms with Crippen molar-refractivity contribution in [2.24, 2.45) is 10.9 Å². The number of piperidine rings is 2. The maximum Gasteiger partial charge on any atom is 0.243 e. The van der Waals surface area contributed by atoms with Gasteiger partial charge in [-0.3, -0.25) is 4.99 Å². The molecule has 0 bridgehead atoms. The van der Waals surface area contributed by atoms with Gasteiger partial charge in [-0.2, -0.15) is 4.31 Å². The van der Waals surface area contributed by atoms with E-state index in [2.05, 4.69) is 20.5 Å². The Hall–Kier alpha value is -0.910. The third-order valence-corrected chi connectivity index (χ3v) is 7.82. The van der Waals surface area contributed by atoms with E-state index in [1.54, 1.807) is 35.6 Å². The van der Waals surface area contributed by atoms with Crippen molar-refractivity contribution in [3.05, 3.63) is 30.3 Å². The third-order valence-electron chi connectivity index (χ3n) is 5.91. The first-order valence-corrected chi connectivity index (χ1v) is 12.3. The number of nitrogens with one attached hydrogen (secondary N) is 2. The van der Waals surface area contributed by atoms with E-state index in [4.69, 9.17) is 0 Å². The van der Waals surface area contributed by atoms with Crippen molar-refractivity contribution in [3.63, 3.8) is 0 Å². The first-order valence-electron chi connectivity index (χ1n) is 10.8. The van der Waals surface area contributed by atoms with E-state index in [1.807, 2.05) is 6.07 Å². The van der Waals surface area contributed by atoms with Gasteiger partial charge in [-0.15, -0.1) is 24.0 Å². The Morgan fingerprint density at radius 1 is 1.03 bits per heavy atom. The van der Waals surface area contributed by atoms with Gasteiger partial charge in [-0.1, -0.05) is 24.6 Å². The maximum absolute atomic E-state index is 12.7. The van der Waals surface area contributed by atoms with E-state index in [-0.39, 0.29) is 24.0 Å². The average molecular weight is 550 g/mol. The highest BCUT2D eigenvalue weighted by atomic mass is 127. The molecule has 0 atom stereocenters. The second kappa shape index (κ2) is 12.8. The monoisotopic (exact) mass is 549 g/mol. The molecule has 0 aromatic heterocycles. The van der Waals surface area contributed by atoms with Gasteiger partial charge in [-0.05, 0) is 56.8 Å². The molecule has 0 amide bonds. The van der Waals surface area contributed by atoms with E-state index in [9.17, 15) is 8.42 Å². The zero-order chi connectivity index (χ0) is 20.5. The number of sulfonamides is 1. The average Bonchev–Trinajstić information content (AvgIpc) is 2.77. The molecule has 0 unspecified atom stereocenters. The molecule has 1 aromatic rings. The molecule has 0 radical (unpaired) electrons. The predicted octanol–water partition coefficient (Wildman–Crippen LogP) is 2.36. The number of hydrogen-bond acceptors (Lipinski definition) is 4. The number of guanidine groups is 1. The summed E-state index contributed by atoms with van der Waals surface area (Å²) < 4.78 is 27.1. The first-order chi connectivity index (χ1) is 14.1. The van der Waals surface area contributed by atoms with Gasteiger partial charge < -0.3 is 15.5 Å². The summed E-state index contributed by atoms with van der Waals surface area (Å²) in [5, 5.41) is 6.82. The summed E-state index contributed by atoms with van der Waals surface area (Å²) in [5.41, 5.74) is 0. The van der Waals surface area contributed by atoms with Gasteiger partial charge in [-0.25, -0.2) is 8.42 Å². The largest absolute Gasteiger partial charge is 0.356 e. The molecule has 2 fully saturated rings. The van der Waals surface area contributed by atoms with Crippen molar-refractivity contribution in [1.29, 1.82) is 0 Å². The Balaban J connectivity index is 0.00000320. The van der Waals surface area contributed by atoms with Crippen molar-refractivity contribution < 1.29 is 8.42 Å². The molecule has 2 saturated heterocycles. The molecule has 2 heterocycles. The van der Waals surface area contributed by atoms with Gasteiger partial charge in [0, 0.05) is 39.8 Å². The number of rotatable bonds is 7. The Bertz CT molecular complexity index is 746. The minimum Gasteiger partial charge on any atom is -0.356 e. The molecule has 3 rings (SSSR count). The lowest BCUT2D eigenvalue weighted by Crippen LogP contribution is -2.45. The summed E-state index contributed by atoms with van der Waals surface area (Å²) in [7, 11) is -1.58. The second-order valence-corrected chi connectivity index (χ2v) is 9.88. The van der Waals surface area contributed by atoms with Gasteiger partial charge in [0.2, 0.25) is 10.0 Å². The van der Waals surface area contributed by atoms with E-state index >= 15 is 0 Å². The molecule has 7 nitrogen and oxygen atoms in total. The maximum atomic E-state index is 12.7. The fourth-order valence-corrected chi connectivity index (χ4v) is 5.56. The molecule has 0 saturated carbocycles. The van der Waals surface area contributed by atoms with Crippen LogP contribution in [0, 0.1) is 5.92 Å². The second-order valence-electron chi connectivity index (χ2n) is 7.94. The molecule has 30 heavy (non-hydrogen) atoms. The van der Waals surface area contributed by atoms with Crippen molar-refractivity contribution in [3.8, 4) is 0 Å². The van der Waals surface area contributed by atoms with Gasteiger partial charge >= 0.3 is 0 Å². The van der Waals surface area contributed by atoms with Crippen molar-refractivity contribution in [1.82, 2.24) is 19.8 Å². The molecule has 0 aliphatic carbocycles. The van der Waals surface area contributed by atoms with Crippen LogP contribution in [0.15, 0.2) is 40.2 Å². The van der Waals surface area contributed by atoms with E-state index < -0.39 is 10.0 Å². The van der Waals surface area contributed by atoms with E-state index in [0.717, 1.165) is 38.4 Å². The van der Waals surface area contributed by atoms with Crippen LogP contribution in [0.1, 0.15) is 32.1 Å². The van der Waals surface area contributed by atoms with Crippen LogP contribution in [0.3, 0.4) is 0 Å². The number of benzene rings is 1. The smallest absolute Gasteiger partial charge is 0.243 e. The Labute approximate surface area is 198 Å². The summed E-state index contributed by atoms with van der Waals surface area (Å²) in [5.74, 6) is 1.29. The van der Waals surface area contributed by atoms with Crippen LogP contribution in [-0.2, 0) is 10.0 Å². The third kappa shape index (κ3) is 7.35. The van der Waals surface area contributed by atoms with E-state index in [1.165, 1.54) is 32.4 Å². The number of halogens is 1. The highest BCUT2D eigenvalue weighted by molar-refractivity contribution is 14.0. The summed E-state index contributed by atoms with van der Waals surface area (Å²) in [6, 6.07) is 8.72. The summed E-state index contributed by atoms with van der Waals surface area (Å²) in [4.78, 5) is 7.21. The summed E-state index contributed by atoms with van der Waals surface area (Å²) in [6.45, 7) is 6.33. The van der Waals surface area contributed by atoms with Crippen LogP contribution in [-0.4, -0.2) is 76.4 Å². The van der Waals surface area contributed by atoms with Crippen LogP contribution in [0.5, 0.6) is 0 Å². The SMILES string of the molecule is CN=C(NCCN1CCCCC1)NCC1CCN(S(=O)(=O)c2ccccc2)CC1.I. The minimum atomic E-state index is -3.37. The Morgan fingerprint density at radius 3 is 2.33 bits per heavy atom. The highest BCUT2D eigenvalue weighted by Crippen LogP contribution is 2.23. The van der Waals surface area contributed by atoms with Crippen LogP contribution in [0.25, 0.3) is 0 Å². The summed E-state index contributed by atoms with van der Waals surface area (Å²) >= 11 is 0. The predicted molar refractivity (Wildman–Crippen MR) is 133 cm³/mol. The van der Waals surface area contributed by atoms with Crippen LogP contribution < -0.4 is 10.6 Å². The van der Waals surface area contributed by atoms with Gasteiger partial charge in [0.15, 0.2) is 5.96 Å². The van der Waals surface area contributed by atoms with Crippen LogP contribution in [0.4, 0.5) is 0 Å². The van der Waals surface area contributed by atoms with E-state index in [0.29, 0.717) is 23.9 Å². The summed E-state index contributed by atoms with van der Waals surface area (Å²) in [6.07, 6.45) is 5.71. The zero-order valence-corrected chi connectivity index (χ0v) is 21.1. The number of nitrogens with zero attached hydrogens (tertiary/aromatic N) is 3. The van der Waals surface area contributed by atoms with Gasteiger partial charge in [0.25, 0.3) is 0 Å². The molecular weight excluding hydrogens is 513 g/mol. The molecule has 2 aliphatic rings. The molecule has 2 aliphatic heterocycles. The fraction of sp³-hybridized carbons (Fsp3) is 0.667. The Morgan fingerprint density at radius 2 is 1.70 bits per heavy atom. The molecule has 170 valence electrons. The molecule has 2 N–H and O–H groups in total. The minimum absolute atomic E-state index is 0.